The fourth-order valence-corrected chi connectivity index (χ4v) is 3.97. The molecule has 31 heavy (non-hydrogen) atoms. The van der Waals surface area contributed by atoms with E-state index in [2.05, 4.69) is 5.32 Å². The monoisotopic (exact) mass is 433 g/mol. The number of hydrogen-bond donors (Lipinski definition) is 1. The van der Waals surface area contributed by atoms with Crippen LogP contribution in [-0.2, 0) is 14.2 Å². The predicted octanol–water partition coefficient (Wildman–Crippen LogP) is 2.49. The third kappa shape index (κ3) is 4.73. The highest BCUT2D eigenvalue weighted by atomic mass is 16.6. The van der Waals surface area contributed by atoms with E-state index in [0.717, 1.165) is 0 Å². The Morgan fingerprint density at radius 1 is 1.03 bits per heavy atom. The fourth-order valence-electron chi connectivity index (χ4n) is 3.97. The van der Waals surface area contributed by atoms with Gasteiger partial charge in [-0.05, 0) is 44.9 Å². The Morgan fingerprint density at radius 3 is 2.03 bits per heavy atom. The maximum atomic E-state index is 12.8. The van der Waals surface area contributed by atoms with Crippen molar-refractivity contribution in [1.82, 2.24) is 9.80 Å². The van der Waals surface area contributed by atoms with Crippen LogP contribution >= 0.6 is 0 Å². The lowest BCUT2D eigenvalue weighted by Crippen LogP contribution is -2.53. The molecule has 168 valence electrons. The van der Waals surface area contributed by atoms with Crippen LogP contribution in [-0.4, -0.2) is 79.4 Å². The second-order valence-electron chi connectivity index (χ2n) is 8.17. The summed E-state index contributed by atoms with van der Waals surface area (Å²) in [6, 6.07) is 3.86. The number of methoxy groups -OCH3 is 2. The molecule has 2 aliphatic rings. The first-order valence-corrected chi connectivity index (χ1v) is 10.00. The van der Waals surface area contributed by atoms with Gasteiger partial charge in [0.1, 0.15) is 6.61 Å². The van der Waals surface area contributed by atoms with E-state index in [4.69, 9.17) is 14.2 Å². The Bertz CT molecular complexity index is 857. The van der Waals surface area contributed by atoms with Crippen LogP contribution in [0.15, 0.2) is 18.2 Å². The van der Waals surface area contributed by atoms with Gasteiger partial charge in [-0.3, -0.25) is 4.90 Å². The van der Waals surface area contributed by atoms with Crippen LogP contribution in [0, 0.1) is 0 Å². The second-order valence-corrected chi connectivity index (χ2v) is 8.17. The number of urea groups is 1. The fraction of sp³-hybridized carbons (Fsp3) is 0.524. The van der Waals surface area contributed by atoms with Crippen molar-refractivity contribution in [3.8, 4) is 0 Å². The lowest BCUT2D eigenvalue weighted by atomic mass is 9.97. The lowest BCUT2D eigenvalue weighted by Gasteiger charge is -2.40. The highest BCUT2D eigenvalue weighted by Gasteiger charge is 2.44. The molecular weight excluding hydrogens is 406 g/mol. The van der Waals surface area contributed by atoms with Gasteiger partial charge in [0.25, 0.3) is 0 Å². The van der Waals surface area contributed by atoms with Gasteiger partial charge >= 0.3 is 24.1 Å². The van der Waals surface area contributed by atoms with Gasteiger partial charge in [-0.15, -0.1) is 0 Å². The molecule has 3 amide bonds. The number of carbonyl (C=O) groups is 4. The van der Waals surface area contributed by atoms with Crippen molar-refractivity contribution in [2.45, 2.75) is 38.3 Å². The van der Waals surface area contributed by atoms with E-state index in [9.17, 15) is 19.2 Å². The number of hydrogen-bond acceptors (Lipinski definition) is 7. The van der Waals surface area contributed by atoms with Gasteiger partial charge in [0.05, 0.1) is 30.9 Å². The Balaban J connectivity index is 1.68. The van der Waals surface area contributed by atoms with Gasteiger partial charge in [-0.2, -0.15) is 0 Å². The van der Waals surface area contributed by atoms with Crippen molar-refractivity contribution in [2.75, 3.05) is 39.2 Å². The Kier molecular flexibility index (Phi) is 6.37. The first-order chi connectivity index (χ1) is 14.7. The van der Waals surface area contributed by atoms with Gasteiger partial charge in [0, 0.05) is 24.8 Å². The number of esters is 2. The molecule has 0 unspecified atom stereocenters. The second kappa shape index (κ2) is 8.83. The van der Waals surface area contributed by atoms with Crippen molar-refractivity contribution in [3.05, 3.63) is 29.3 Å². The van der Waals surface area contributed by atoms with E-state index < -0.39 is 11.9 Å². The predicted molar refractivity (Wildman–Crippen MR) is 110 cm³/mol. The van der Waals surface area contributed by atoms with E-state index in [-0.39, 0.29) is 40.5 Å². The standard InChI is InChI=1S/C21H27N3O7/c1-21(2)12-31-20(28)24(21)16-5-7-23(8-6-16)19(27)22-15-10-13(17(25)29-3)9-14(11-15)18(26)30-4/h9-11,16H,5-8,12H2,1-4H3,(H,22,27). The molecule has 0 spiro atoms. The minimum Gasteiger partial charge on any atom is -0.465 e. The van der Waals surface area contributed by atoms with Crippen LogP contribution < -0.4 is 5.32 Å². The number of nitrogens with one attached hydrogen (secondary N) is 1. The zero-order valence-corrected chi connectivity index (χ0v) is 18.1. The molecule has 0 bridgehead atoms. The number of cyclic esters (lactones) is 1. The quantitative estimate of drug-likeness (QED) is 0.573. The largest absolute Gasteiger partial charge is 0.465 e. The number of likely N-dealkylation sites (tertiary alicyclic amines) is 1. The number of nitrogens with zero attached hydrogens (tertiary/aromatic N) is 2. The molecule has 2 aliphatic heterocycles. The smallest absolute Gasteiger partial charge is 0.410 e. The average Bonchev–Trinajstić information content (AvgIpc) is 3.04. The summed E-state index contributed by atoms with van der Waals surface area (Å²) in [5.74, 6) is -1.27. The van der Waals surface area contributed by atoms with Crippen molar-refractivity contribution in [3.63, 3.8) is 0 Å². The summed E-state index contributed by atoms with van der Waals surface area (Å²) in [6.07, 6.45) is 0.936. The summed E-state index contributed by atoms with van der Waals surface area (Å²) >= 11 is 0. The molecule has 0 atom stereocenters. The normalized spacial score (nSPS) is 18.4. The molecule has 10 nitrogen and oxygen atoms in total. The summed E-state index contributed by atoms with van der Waals surface area (Å²) < 4.78 is 14.6. The molecule has 1 N–H and O–H groups in total. The lowest BCUT2D eigenvalue weighted by molar-refractivity contribution is 0.0598. The summed E-state index contributed by atoms with van der Waals surface area (Å²) in [4.78, 5) is 52.1. The van der Waals surface area contributed by atoms with Crippen LogP contribution in [0.3, 0.4) is 0 Å². The summed E-state index contributed by atoms with van der Waals surface area (Å²) in [5.41, 5.74) is 0.146. The zero-order valence-electron chi connectivity index (χ0n) is 18.1. The highest BCUT2D eigenvalue weighted by Crippen LogP contribution is 2.30. The third-order valence-corrected chi connectivity index (χ3v) is 5.54. The molecule has 0 radical (unpaired) electrons. The molecular formula is C21H27N3O7. The first-order valence-electron chi connectivity index (χ1n) is 10.00. The van der Waals surface area contributed by atoms with Crippen LogP contribution in [0.5, 0.6) is 0 Å². The van der Waals surface area contributed by atoms with E-state index in [0.29, 0.717) is 32.5 Å². The van der Waals surface area contributed by atoms with Crippen LogP contribution in [0.1, 0.15) is 47.4 Å². The number of piperidine rings is 1. The van der Waals surface area contributed by atoms with E-state index in [1.54, 1.807) is 9.80 Å². The number of ether oxygens (including phenoxy) is 3. The van der Waals surface area contributed by atoms with Crippen LogP contribution in [0.2, 0.25) is 0 Å². The van der Waals surface area contributed by atoms with Crippen molar-refractivity contribution >= 4 is 29.8 Å². The van der Waals surface area contributed by atoms with E-state index >= 15 is 0 Å². The number of anilines is 1. The first kappa shape index (κ1) is 22.4. The molecule has 0 aromatic heterocycles. The zero-order chi connectivity index (χ0) is 22.8. The molecule has 2 fully saturated rings. The van der Waals surface area contributed by atoms with Crippen LogP contribution in [0.25, 0.3) is 0 Å². The number of benzene rings is 1. The highest BCUT2D eigenvalue weighted by molar-refractivity contribution is 5.99. The Hall–Kier alpha value is -3.30. The summed E-state index contributed by atoms with van der Waals surface area (Å²) in [7, 11) is 2.46. The summed E-state index contributed by atoms with van der Waals surface area (Å²) in [5, 5.41) is 2.73. The molecule has 1 aromatic carbocycles. The van der Waals surface area contributed by atoms with Gasteiger partial charge in [-0.1, -0.05) is 0 Å². The minimum atomic E-state index is -0.637. The van der Waals surface area contributed by atoms with Gasteiger partial charge in [0.2, 0.25) is 0 Å². The molecule has 1 aromatic rings. The van der Waals surface area contributed by atoms with Gasteiger partial charge in [-0.25, -0.2) is 19.2 Å². The van der Waals surface area contributed by atoms with Gasteiger partial charge < -0.3 is 24.4 Å². The van der Waals surface area contributed by atoms with Crippen LogP contribution in [0.4, 0.5) is 15.3 Å². The molecule has 3 rings (SSSR count). The van der Waals surface area contributed by atoms with Gasteiger partial charge in [0.15, 0.2) is 0 Å². The molecule has 2 saturated heterocycles. The topological polar surface area (TPSA) is 114 Å². The van der Waals surface area contributed by atoms with Crippen molar-refractivity contribution in [2.24, 2.45) is 0 Å². The van der Waals surface area contributed by atoms with E-state index in [1.807, 2.05) is 13.8 Å². The number of rotatable bonds is 4. The van der Waals surface area contributed by atoms with Crippen molar-refractivity contribution < 1.29 is 33.4 Å². The maximum Gasteiger partial charge on any atom is 0.410 e. The Labute approximate surface area is 180 Å². The Morgan fingerprint density at radius 2 is 1.58 bits per heavy atom. The number of carbonyl (C=O) groups excluding carboxylic acids is 4. The third-order valence-electron chi connectivity index (χ3n) is 5.54. The number of amides is 3. The average molecular weight is 433 g/mol. The van der Waals surface area contributed by atoms with E-state index in [1.165, 1.54) is 32.4 Å². The van der Waals surface area contributed by atoms with Crippen molar-refractivity contribution in [1.29, 1.82) is 0 Å². The molecule has 2 heterocycles. The maximum absolute atomic E-state index is 12.8. The molecule has 0 aliphatic carbocycles. The molecule has 0 saturated carbocycles. The summed E-state index contributed by atoms with van der Waals surface area (Å²) in [6.45, 7) is 5.19. The molecule has 10 heteroatoms. The SMILES string of the molecule is COC(=O)c1cc(NC(=O)N2CCC(N3C(=O)OCC3(C)C)CC2)cc(C(=O)OC)c1. The minimum absolute atomic E-state index is 0.00243.